The van der Waals surface area contributed by atoms with E-state index in [1.165, 1.54) is 0 Å². The quantitative estimate of drug-likeness (QED) is 0.443. The molecule has 8 heteroatoms. The number of para-hydroxylation sites is 2. The molecule has 0 saturated carbocycles. The Bertz CT molecular complexity index is 1330. The number of sulfonamides is 1. The molecule has 160 valence electrons. The zero-order valence-corrected chi connectivity index (χ0v) is 17.7. The van der Waals surface area contributed by atoms with E-state index in [4.69, 9.17) is 4.98 Å². The first kappa shape index (κ1) is 21.0. The van der Waals surface area contributed by atoms with E-state index in [2.05, 4.69) is 22.3 Å². The number of aromatic nitrogens is 2. The van der Waals surface area contributed by atoms with E-state index < -0.39 is 21.7 Å². The largest absolute Gasteiger partial charge is 0.328 e. The lowest BCUT2D eigenvalue weighted by atomic mass is 10.1. The molecule has 1 N–H and O–H groups in total. The highest BCUT2D eigenvalue weighted by atomic mass is 32.2. The van der Waals surface area contributed by atoms with Gasteiger partial charge in [0, 0.05) is 18.7 Å². The summed E-state index contributed by atoms with van der Waals surface area (Å²) in [7, 11) is -4.01. The Hall–Kier alpha value is -3.26. The van der Waals surface area contributed by atoms with Gasteiger partial charge in [0.15, 0.2) is 11.6 Å². The molecule has 0 radical (unpaired) electrons. The fraction of sp³-hybridized carbons (Fsp3) is 0.174. The first-order valence-corrected chi connectivity index (χ1v) is 11.4. The summed E-state index contributed by atoms with van der Waals surface area (Å²) in [5, 5.41) is 0. The van der Waals surface area contributed by atoms with Crippen molar-refractivity contribution in [1.29, 1.82) is 0 Å². The maximum absolute atomic E-state index is 13.4. The van der Waals surface area contributed by atoms with Gasteiger partial charge in [-0.3, -0.25) is 4.72 Å². The van der Waals surface area contributed by atoms with Crippen molar-refractivity contribution in [2.24, 2.45) is 0 Å². The fourth-order valence-corrected chi connectivity index (χ4v) is 4.59. The Balaban J connectivity index is 1.46. The monoisotopic (exact) mass is 441 g/mol. The van der Waals surface area contributed by atoms with E-state index >= 15 is 0 Å². The lowest BCUT2D eigenvalue weighted by Crippen LogP contribution is -2.13. The third kappa shape index (κ3) is 4.44. The number of nitrogens with one attached hydrogen (secondary N) is 1. The number of anilines is 1. The number of rotatable bonds is 7. The Morgan fingerprint density at radius 1 is 0.935 bits per heavy atom. The first-order chi connectivity index (χ1) is 14.9. The predicted molar refractivity (Wildman–Crippen MR) is 116 cm³/mol. The maximum Gasteiger partial charge on any atom is 0.261 e. The third-order valence-electron chi connectivity index (χ3n) is 5.09. The fourth-order valence-electron chi connectivity index (χ4n) is 3.52. The van der Waals surface area contributed by atoms with Crippen molar-refractivity contribution in [3.05, 3.63) is 89.8 Å². The summed E-state index contributed by atoms with van der Waals surface area (Å²) in [6.45, 7) is 2.92. The Morgan fingerprint density at radius 3 is 2.39 bits per heavy atom. The van der Waals surface area contributed by atoms with E-state index in [9.17, 15) is 17.2 Å². The van der Waals surface area contributed by atoms with Crippen molar-refractivity contribution < 1.29 is 17.2 Å². The zero-order chi connectivity index (χ0) is 22.0. The van der Waals surface area contributed by atoms with Gasteiger partial charge >= 0.3 is 0 Å². The molecule has 1 heterocycles. The molecule has 0 amide bonds. The molecular formula is C23H21F2N3O2S. The van der Waals surface area contributed by atoms with Crippen LogP contribution < -0.4 is 4.72 Å². The number of fused-ring (bicyclic) bond motifs is 1. The van der Waals surface area contributed by atoms with Crippen molar-refractivity contribution in [1.82, 2.24) is 9.55 Å². The van der Waals surface area contributed by atoms with E-state index in [0.29, 0.717) is 11.8 Å². The Morgan fingerprint density at radius 2 is 1.68 bits per heavy atom. The molecule has 0 saturated heterocycles. The first-order valence-electron chi connectivity index (χ1n) is 9.88. The maximum atomic E-state index is 13.4. The minimum Gasteiger partial charge on any atom is -0.328 e. The predicted octanol–water partition coefficient (Wildman–Crippen LogP) is 4.92. The van der Waals surface area contributed by atoms with E-state index in [1.807, 2.05) is 30.3 Å². The van der Waals surface area contributed by atoms with Crippen LogP contribution in [-0.4, -0.2) is 18.0 Å². The summed E-state index contributed by atoms with van der Waals surface area (Å²) in [6.07, 6.45) is 1.50. The van der Waals surface area contributed by atoms with Crippen LogP contribution in [0.5, 0.6) is 0 Å². The summed E-state index contributed by atoms with van der Waals surface area (Å²) in [5.41, 5.74) is 3.46. The van der Waals surface area contributed by atoms with Crippen LogP contribution in [0.2, 0.25) is 0 Å². The molecule has 0 aliphatic carbocycles. The minimum absolute atomic E-state index is 0.339. The molecule has 3 aromatic carbocycles. The second kappa shape index (κ2) is 8.47. The number of halogens is 2. The SMILES string of the molecule is CCn1c(CCc2ccc(NS(=O)(=O)c3ccc(F)c(F)c3)cc2)nc2ccccc21. The van der Waals surface area contributed by atoms with Gasteiger partial charge in [-0.1, -0.05) is 24.3 Å². The van der Waals surface area contributed by atoms with Gasteiger partial charge in [0.05, 0.1) is 15.9 Å². The molecule has 0 unspecified atom stereocenters. The van der Waals surface area contributed by atoms with Crippen LogP contribution >= 0.6 is 0 Å². The number of benzene rings is 3. The van der Waals surface area contributed by atoms with Crippen LogP contribution in [0, 0.1) is 11.6 Å². The van der Waals surface area contributed by atoms with Crippen LogP contribution in [0.25, 0.3) is 11.0 Å². The van der Waals surface area contributed by atoms with Gasteiger partial charge in [0.2, 0.25) is 0 Å². The molecule has 1 aromatic heterocycles. The van der Waals surface area contributed by atoms with Crippen LogP contribution in [0.4, 0.5) is 14.5 Å². The van der Waals surface area contributed by atoms with Crippen LogP contribution in [-0.2, 0) is 29.4 Å². The highest BCUT2D eigenvalue weighted by Gasteiger charge is 2.17. The number of nitrogens with zero attached hydrogens (tertiary/aromatic N) is 2. The normalized spacial score (nSPS) is 11.7. The summed E-state index contributed by atoms with van der Waals surface area (Å²) >= 11 is 0. The van der Waals surface area contributed by atoms with E-state index in [1.54, 1.807) is 12.1 Å². The minimum atomic E-state index is -4.01. The topological polar surface area (TPSA) is 64.0 Å². The highest BCUT2D eigenvalue weighted by molar-refractivity contribution is 7.92. The Labute approximate surface area is 179 Å². The van der Waals surface area contributed by atoms with E-state index in [0.717, 1.165) is 53.9 Å². The smallest absolute Gasteiger partial charge is 0.261 e. The summed E-state index contributed by atoms with van der Waals surface area (Å²) in [5.74, 6) is -1.30. The molecular weight excluding hydrogens is 420 g/mol. The molecule has 4 aromatic rings. The standard InChI is InChI=1S/C23H21F2N3O2S/c1-2-28-22-6-4-3-5-21(22)26-23(28)14-9-16-7-10-17(11-8-16)27-31(29,30)18-12-13-19(24)20(25)15-18/h3-8,10-13,15,27H,2,9,14H2,1H3. The molecule has 31 heavy (non-hydrogen) atoms. The van der Waals surface area contributed by atoms with Crippen molar-refractivity contribution >= 4 is 26.7 Å². The average molecular weight is 442 g/mol. The number of hydrogen-bond donors (Lipinski definition) is 1. The molecule has 5 nitrogen and oxygen atoms in total. The van der Waals surface area contributed by atoms with Gasteiger partial charge < -0.3 is 4.57 Å². The molecule has 0 aliphatic heterocycles. The second-order valence-corrected chi connectivity index (χ2v) is 8.82. The molecule has 4 rings (SSSR count). The average Bonchev–Trinajstić information content (AvgIpc) is 3.12. The van der Waals surface area contributed by atoms with Crippen molar-refractivity contribution in [2.75, 3.05) is 4.72 Å². The van der Waals surface area contributed by atoms with Crippen LogP contribution in [0.1, 0.15) is 18.3 Å². The molecule has 0 bridgehead atoms. The number of aryl methyl sites for hydroxylation is 3. The number of hydrogen-bond acceptors (Lipinski definition) is 3. The molecule has 0 aliphatic rings. The summed E-state index contributed by atoms with van der Waals surface area (Å²) in [6, 6.07) is 17.5. The lowest BCUT2D eigenvalue weighted by Gasteiger charge is -2.10. The van der Waals surface area contributed by atoms with Crippen molar-refractivity contribution in [3.8, 4) is 0 Å². The zero-order valence-electron chi connectivity index (χ0n) is 16.8. The van der Waals surface area contributed by atoms with Gasteiger partial charge in [-0.2, -0.15) is 0 Å². The highest BCUT2D eigenvalue weighted by Crippen LogP contribution is 2.20. The van der Waals surface area contributed by atoms with Crippen LogP contribution in [0.15, 0.2) is 71.6 Å². The van der Waals surface area contributed by atoms with Gasteiger partial charge in [-0.05, 0) is 61.4 Å². The summed E-state index contributed by atoms with van der Waals surface area (Å²) < 4.78 is 55.8. The van der Waals surface area contributed by atoms with E-state index in [-0.39, 0.29) is 4.90 Å². The van der Waals surface area contributed by atoms with Gasteiger partial charge in [0.1, 0.15) is 5.82 Å². The Kier molecular flexibility index (Phi) is 5.73. The third-order valence-corrected chi connectivity index (χ3v) is 6.47. The van der Waals surface area contributed by atoms with Gasteiger partial charge in [-0.25, -0.2) is 22.2 Å². The van der Waals surface area contributed by atoms with Crippen molar-refractivity contribution in [2.45, 2.75) is 31.2 Å². The van der Waals surface area contributed by atoms with Crippen molar-refractivity contribution in [3.63, 3.8) is 0 Å². The second-order valence-electron chi connectivity index (χ2n) is 7.14. The molecule has 0 spiro atoms. The van der Waals surface area contributed by atoms with Gasteiger partial charge in [-0.15, -0.1) is 0 Å². The number of imidazole rings is 1. The molecule has 0 fully saturated rings. The van der Waals surface area contributed by atoms with Gasteiger partial charge in [0.25, 0.3) is 10.0 Å². The summed E-state index contributed by atoms with van der Waals surface area (Å²) in [4.78, 5) is 4.39. The molecule has 0 atom stereocenters. The van der Waals surface area contributed by atoms with Crippen LogP contribution in [0.3, 0.4) is 0 Å². The lowest BCUT2D eigenvalue weighted by molar-refractivity contribution is 0.504.